The van der Waals surface area contributed by atoms with E-state index in [1.165, 1.54) is 11.4 Å². The zero-order valence-corrected chi connectivity index (χ0v) is 11.6. The highest BCUT2D eigenvalue weighted by atomic mass is 32.2. The minimum Gasteiger partial charge on any atom is -0.399 e. The molecule has 0 aliphatic rings. The Kier molecular flexibility index (Phi) is 5.43. The van der Waals surface area contributed by atoms with Crippen LogP contribution in [0.15, 0.2) is 24.3 Å². The van der Waals surface area contributed by atoms with Crippen LogP contribution in [0.3, 0.4) is 0 Å². The van der Waals surface area contributed by atoms with E-state index in [0.717, 1.165) is 6.42 Å². The Hall–Kier alpha value is -1.27. The maximum absolute atomic E-state index is 12.2. The third-order valence-electron chi connectivity index (χ3n) is 2.47. The van der Waals surface area contributed by atoms with Gasteiger partial charge in [-0.1, -0.05) is 13.0 Å². The van der Waals surface area contributed by atoms with Crippen molar-refractivity contribution in [1.29, 1.82) is 0 Å². The summed E-state index contributed by atoms with van der Waals surface area (Å²) >= 11 is 0. The second kappa shape index (κ2) is 6.61. The molecule has 0 saturated carbocycles. The van der Waals surface area contributed by atoms with Crippen molar-refractivity contribution in [3.63, 3.8) is 0 Å². The number of hydrogen-bond acceptors (Lipinski definition) is 4. The van der Waals surface area contributed by atoms with Gasteiger partial charge in [0.05, 0.1) is 18.0 Å². The van der Waals surface area contributed by atoms with Crippen molar-refractivity contribution in [2.24, 2.45) is 0 Å². The Balaban J connectivity index is 3.02. The van der Waals surface area contributed by atoms with Gasteiger partial charge >= 0.3 is 0 Å². The van der Waals surface area contributed by atoms with Gasteiger partial charge in [0.15, 0.2) is 0 Å². The molecular formula is C12H20N2O3S. The topological polar surface area (TPSA) is 72.6 Å². The molecule has 0 unspecified atom stereocenters. The van der Waals surface area contributed by atoms with Gasteiger partial charge < -0.3 is 10.5 Å². The molecule has 0 atom stereocenters. The average molecular weight is 272 g/mol. The summed E-state index contributed by atoms with van der Waals surface area (Å²) in [4.78, 5) is 0. The predicted molar refractivity (Wildman–Crippen MR) is 74.2 cm³/mol. The molecule has 102 valence electrons. The second-order valence-electron chi connectivity index (χ2n) is 3.98. The lowest BCUT2D eigenvalue weighted by molar-refractivity contribution is 0.217. The second-order valence-corrected chi connectivity index (χ2v) is 5.99. The van der Waals surface area contributed by atoms with Crippen LogP contribution in [0.2, 0.25) is 0 Å². The van der Waals surface area contributed by atoms with Crippen LogP contribution in [0.1, 0.15) is 13.3 Å². The van der Waals surface area contributed by atoms with Crippen molar-refractivity contribution in [2.75, 3.05) is 36.1 Å². The fourth-order valence-corrected chi connectivity index (χ4v) is 3.10. The number of nitrogen functional groups attached to an aromatic ring is 1. The first-order valence-corrected chi connectivity index (χ1v) is 7.47. The standard InChI is InChI=1S/C12H20N2O3S/c1-3-7-14(18(15,16)9-8-17-2)12-6-4-5-11(13)10-12/h4-6,10H,3,7-9,13H2,1-2H3. The molecule has 0 saturated heterocycles. The zero-order chi connectivity index (χ0) is 13.6. The van der Waals surface area contributed by atoms with Gasteiger partial charge in [-0.05, 0) is 24.6 Å². The van der Waals surface area contributed by atoms with Crippen molar-refractivity contribution < 1.29 is 13.2 Å². The van der Waals surface area contributed by atoms with Crippen molar-refractivity contribution >= 4 is 21.4 Å². The molecule has 6 heteroatoms. The molecule has 18 heavy (non-hydrogen) atoms. The summed E-state index contributed by atoms with van der Waals surface area (Å²) in [6, 6.07) is 6.89. The Labute approximate surface area is 109 Å². The van der Waals surface area contributed by atoms with Crippen molar-refractivity contribution in [1.82, 2.24) is 0 Å². The lowest BCUT2D eigenvalue weighted by Gasteiger charge is -2.24. The van der Waals surface area contributed by atoms with Crippen LogP contribution in [-0.4, -0.2) is 34.4 Å². The number of anilines is 2. The lowest BCUT2D eigenvalue weighted by Crippen LogP contribution is -2.35. The predicted octanol–water partition coefficient (Wildman–Crippen LogP) is 1.46. The fourth-order valence-electron chi connectivity index (χ4n) is 1.61. The van der Waals surface area contributed by atoms with E-state index in [1.54, 1.807) is 24.3 Å². The molecule has 0 aromatic heterocycles. The number of methoxy groups -OCH3 is 1. The smallest absolute Gasteiger partial charge is 0.237 e. The Morgan fingerprint density at radius 3 is 2.67 bits per heavy atom. The molecule has 0 fully saturated rings. The number of nitrogens with two attached hydrogens (primary N) is 1. The third-order valence-corrected chi connectivity index (χ3v) is 4.21. The number of rotatable bonds is 7. The highest BCUT2D eigenvalue weighted by Gasteiger charge is 2.21. The lowest BCUT2D eigenvalue weighted by atomic mass is 10.3. The van der Waals surface area contributed by atoms with Crippen molar-refractivity contribution in [3.05, 3.63) is 24.3 Å². The molecule has 5 nitrogen and oxygen atoms in total. The molecule has 0 amide bonds. The quantitative estimate of drug-likeness (QED) is 0.763. The summed E-state index contributed by atoms with van der Waals surface area (Å²) in [5.41, 5.74) is 6.85. The molecule has 0 aliphatic heterocycles. The van der Waals surface area contributed by atoms with Crippen LogP contribution >= 0.6 is 0 Å². The largest absolute Gasteiger partial charge is 0.399 e. The van der Waals surface area contributed by atoms with Crippen LogP contribution in [0.5, 0.6) is 0 Å². The normalized spacial score (nSPS) is 11.4. The van der Waals surface area contributed by atoms with Crippen LogP contribution in [0.25, 0.3) is 0 Å². The Morgan fingerprint density at radius 1 is 1.39 bits per heavy atom. The molecule has 1 rings (SSSR count). The highest BCUT2D eigenvalue weighted by Crippen LogP contribution is 2.21. The first kappa shape index (κ1) is 14.8. The molecule has 0 radical (unpaired) electrons. The summed E-state index contributed by atoms with van der Waals surface area (Å²) in [6.07, 6.45) is 0.737. The maximum atomic E-state index is 12.2. The zero-order valence-electron chi connectivity index (χ0n) is 10.8. The van der Waals surface area contributed by atoms with Crippen LogP contribution < -0.4 is 10.0 Å². The monoisotopic (exact) mass is 272 g/mol. The highest BCUT2D eigenvalue weighted by molar-refractivity contribution is 7.92. The number of sulfonamides is 1. The molecule has 0 aliphatic carbocycles. The first-order valence-electron chi connectivity index (χ1n) is 5.86. The van der Waals surface area contributed by atoms with Crippen molar-refractivity contribution in [2.45, 2.75) is 13.3 Å². The molecule has 2 N–H and O–H groups in total. The minimum atomic E-state index is -3.36. The SMILES string of the molecule is CCCN(c1cccc(N)c1)S(=O)(=O)CCOC. The first-order chi connectivity index (χ1) is 8.51. The van der Waals surface area contributed by atoms with E-state index in [4.69, 9.17) is 10.5 Å². The summed E-state index contributed by atoms with van der Waals surface area (Å²) in [5.74, 6) is -0.0295. The van der Waals surface area contributed by atoms with Gasteiger partial charge in [-0.25, -0.2) is 8.42 Å². The molecular weight excluding hydrogens is 252 g/mol. The average Bonchev–Trinajstić information content (AvgIpc) is 2.33. The number of nitrogens with zero attached hydrogens (tertiary/aromatic N) is 1. The molecule has 0 heterocycles. The van der Waals surface area contributed by atoms with Gasteiger partial charge in [0.2, 0.25) is 10.0 Å². The number of ether oxygens (including phenoxy) is 1. The van der Waals surface area contributed by atoms with Crippen LogP contribution in [0.4, 0.5) is 11.4 Å². The molecule has 0 spiro atoms. The van der Waals surface area contributed by atoms with Gasteiger partial charge in [-0.15, -0.1) is 0 Å². The Bertz CT molecular complexity index is 474. The van der Waals surface area contributed by atoms with Gasteiger partial charge in [-0.3, -0.25) is 4.31 Å². The summed E-state index contributed by atoms with van der Waals surface area (Å²) < 4.78 is 30.6. The van der Waals surface area contributed by atoms with E-state index in [-0.39, 0.29) is 12.4 Å². The third kappa shape index (κ3) is 3.89. The Morgan fingerprint density at radius 2 is 2.11 bits per heavy atom. The fraction of sp³-hybridized carbons (Fsp3) is 0.500. The van der Waals surface area contributed by atoms with E-state index in [0.29, 0.717) is 17.9 Å². The van der Waals surface area contributed by atoms with Crippen LogP contribution in [-0.2, 0) is 14.8 Å². The van der Waals surface area contributed by atoms with Crippen molar-refractivity contribution in [3.8, 4) is 0 Å². The van der Waals surface area contributed by atoms with Crippen LogP contribution in [0, 0.1) is 0 Å². The van der Waals surface area contributed by atoms with E-state index in [1.807, 2.05) is 6.92 Å². The van der Waals surface area contributed by atoms with Gasteiger partial charge in [0.25, 0.3) is 0 Å². The van der Waals surface area contributed by atoms with E-state index < -0.39 is 10.0 Å². The number of benzene rings is 1. The van der Waals surface area contributed by atoms with Gasteiger partial charge in [0.1, 0.15) is 0 Å². The molecule has 0 bridgehead atoms. The van der Waals surface area contributed by atoms with E-state index in [2.05, 4.69) is 0 Å². The van der Waals surface area contributed by atoms with E-state index >= 15 is 0 Å². The summed E-state index contributed by atoms with van der Waals surface area (Å²) in [5, 5.41) is 0. The minimum absolute atomic E-state index is 0.0295. The van der Waals surface area contributed by atoms with Gasteiger partial charge in [0, 0.05) is 19.3 Å². The molecule has 1 aromatic carbocycles. The number of hydrogen-bond donors (Lipinski definition) is 1. The van der Waals surface area contributed by atoms with E-state index in [9.17, 15) is 8.42 Å². The van der Waals surface area contributed by atoms with Gasteiger partial charge in [-0.2, -0.15) is 0 Å². The summed E-state index contributed by atoms with van der Waals surface area (Å²) in [7, 11) is -1.88. The molecule has 1 aromatic rings. The maximum Gasteiger partial charge on any atom is 0.237 e. The summed E-state index contributed by atoms with van der Waals surface area (Å²) in [6.45, 7) is 2.56.